The third kappa shape index (κ3) is 3.13. The summed E-state index contributed by atoms with van der Waals surface area (Å²) in [5.74, 6) is 2.87. The highest BCUT2D eigenvalue weighted by molar-refractivity contribution is 5.60. The topological polar surface area (TPSA) is 72.4 Å². The van der Waals surface area contributed by atoms with E-state index in [4.69, 9.17) is 9.47 Å². The maximum Gasteiger partial charge on any atom is 0.249 e. The Labute approximate surface area is 134 Å². The molecule has 1 fully saturated rings. The average molecular weight is 313 g/mol. The summed E-state index contributed by atoms with van der Waals surface area (Å²) in [7, 11) is 0. The van der Waals surface area contributed by atoms with Crippen molar-refractivity contribution in [2.45, 2.75) is 19.3 Å². The van der Waals surface area contributed by atoms with Crippen molar-refractivity contribution in [3.8, 4) is 11.5 Å². The molecule has 1 saturated heterocycles. The van der Waals surface area contributed by atoms with Crippen LogP contribution in [0, 0.1) is 0 Å². The van der Waals surface area contributed by atoms with Crippen molar-refractivity contribution in [1.82, 2.24) is 15.2 Å². The molecule has 1 aromatic carbocycles. The highest BCUT2D eigenvalue weighted by atomic mass is 16.6. The van der Waals surface area contributed by atoms with Gasteiger partial charge in [-0.15, -0.1) is 5.10 Å². The van der Waals surface area contributed by atoms with E-state index >= 15 is 0 Å². The van der Waals surface area contributed by atoms with E-state index in [1.807, 2.05) is 18.2 Å². The Morgan fingerprint density at radius 2 is 1.83 bits per heavy atom. The van der Waals surface area contributed by atoms with Crippen molar-refractivity contribution in [2.75, 3.05) is 36.5 Å². The van der Waals surface area contributed by atoms with E-state index < -0.39 is 0 Å². The van der Waals surface area contributed by atoms with E-state index in [0.717, 1.165) is 36.1 Å². The molecular formula is C16H19N5O2. The minimum absolute atomic E-state index is 0.491. The van der Waals surface area contributed by atoms with Gasteiger partial charge in [-0.2, -0.15) is 10.1 Å². The highest BCUT2D eigenvalue weighted by Crippen LogP contribution is 2.33. The lowest BCUT2D eigenvalue weighted by molar-refractivity contribution is 0.171. The molecule has 3 heterocycles. The number of anilines is 3. The van der Waals surface area contributed by atoms with Gasteiger partial charge in [0.25, 0.3) is 0 Å². The Morgan fingerprint density at radius 3 is 2.70 bits per heavy atom. The van der Waals surface area contributed by atoms with Crippen molar-refractivity contribution in [3.05, 3.63) is 24.4 Å². The zero-order chi connectivity index (χ0) is 15.5. The quantitative estimate of drug-likeness (QED) is 0.932. The molecule has 0 atom stereocenters. The molecular weight excluding hydrogens is 294 g/mol. The second-order valence-electron chi connectivity index (χ2n) is 5.67. The monoisotopic (exact) mass is 313 g/mol. The van der Waals surface area contributed by atoms with Gasteiger partial charge < -0.3 is 19.7 Å². The summed E-state index contributed by atoms with van der Waals surface area (Å²) in [4.78, 5) is 6.83. The molecule has 0 saturated carbocycles. The van der Waals surface area contributed by atoms with Crippen LogP contribution in [0.4, 0.5) is 17.5 Å². The number of rotatable bonds is 3. The Bertz CT molecular complexity index is 688. The summed E-state index contributed by atoms with van der Waals surface area (Å²) in [6.07, 6.45) is 5.42. The summed E-state index contributed by atoms with van der Waals surface area (Å²) in [6, 6.07) is 5.70. The second-order valence-corrected chi connectivity index (χ2v) is 5.67. The van der Waals surface area contributed by atoms with Gasteiger partial charge in [-0.1, -0.05) is 0 Å². The van der Waals surface area contributed by atoms with Crippen LogP contribution < -0.4 is 19.7 Å². The van der Waals surface area contributed by atoms with Crippen LogP contribution >= 0.6 is 0 Å². The first-order chi connectivity index (χ1) is 11.4. The van der Waals surface area contributed by atoms with E-state index in [2.05, 4.69) is 25.4 Å². The van der Waals surface area contributed by atoms with Gasteiger partial charge in [-0.05, 0) is 31.4 Å². The molecule has 1 aromatic heterocycles. The van der Waals surface area contributed by atoms with Gasteiger partial charge in [0.1, 0.15) is 13.2 Å². The third-order valence-corrected chi connectivity index (χ3v) is 4.02. The van der Waals surface area contributed by atoms with E-state index in [1.54, 1.807) is 6.20 Å². The maximum absolute atomic E-state index is 5.59. The number of ether oxygens (including phenoxy) is 2. The lowest BCUT2D eigenvalue weighted by Crippen LogP contribution is -2.30. The van der Waals surface area contributed by atoms with Crippen molar-refractivity contribution in [3.63, 3.8) is 0 Å². The standard InChI is InChI=1S/C16H19N5O2/c1-2-6-21(7-3-1)15-11-17-20-16(19-15)18-12-4-5-13-14(10-12)23-9-8-22-13/h4-5,10-11H,1-3,6-9H2,(H,18,19,20). The molecule has 7 nitrogen and oxygen atoms in total. The van der Waals surface area contributed by atoms with Gasteiger partial charge in [0.15, 0.2) is 17.3 Å². The van der Waals surface area contributed by atoms with E-state index in [1.165, 1.54) is 19.3 Å². The molecule has 4 rings (SSSR count). The first kappa shape index (κ1) is 14.0. The summed E-state index contributed by atoms with van der Waals surface area (Å²) < 4.78 is 11.1. The summed E-state index contributed by atoms with van der Waals surface area (Å²) in [5, 5.41) is 11.3. The van der Waals surface area contributed by atoms with E-state index in [9.17, 15) is 0 Å². The summed E-state index contributed by atoms with van der Waals surface area (Å²) in [6.45, 7) is 3.22. The molecule has 0 spiro atoms. The Morgan fingerprint density at radius 1 is 1.00 bits per heavy atom. The predicted molar refractivity (Wildman–Crippen MR) is 86.6 cm³/mol. The molecule has 1 N–H and O–H groups in total. The number of aromatic nitrogens is 3. The zero-order valence-corrected chi connectivity index (χ0v) is 12.9. The first-order valence-electron chi connectivity index (χ1n) is 8.00. The lowest BCUT2D eigenvalue weighted by atomic mass is 10.1. The van der Waals surface area contributed by atoms with Crippen molar-refractivity contribution >= 4 is 17.5 Å². The van der Waals surface area contributed by atoms with Crippen LogP contribution in [-0.4, -0.2) is 41.5 Å². The van der Waals surface area contributed by atoms with E-state index in [-0.39, 0.29) is 0 Å². The van der Waals surface area contributed by atoms with Crippen LogP contribution in [0.15, 0.2) is 24.4 Å². The van der Waals surface area contributed by atoms with Crippen molar-refractivity contribution in [1.29, 1.82) is 0 Å². The minimum atomic E-state index is 0.491. The first-order valence-corrected chi connectivity index (χ1v) is 8.00. The fourth-order valence-electron chi connectivity index (χ4n) is 2.87. The normalized spacial score (nSPS) is 17.0. The van der Waals surface area contributed by atoms with Crippen LogP contribution in [0.2, 0.25) is 0 Å². The molecule has 0 bridgehead atoms. The van der Waals surface area contributed by atoms with Crippen LogP contribution in [0.5, 0.6) is 11.5 Å². The number of fused-ring (bicyclic) bond motifs is 1. The van der Waals surface area contributed by atoms with E-state index in [0.29, 0.717) is 19.2 Å². The van der Waals surface area contributed by atoms with Crippen LogP contribution in [0.25, 0.3) is 0 Å². The predicted octanol–water partition coefficient (Wildman–Crippen LogP) is 2.38. The molecule has 0 radical (unpaired) electrons. The smallest absolute Gasteiger partial charge is 0.249 e. The molecule has 2 aliphatic rings. The lowest BCUT2D eigenvalue weighted by Gasteiger charge is -2.27. The largest absolute Gasteiger partial charge is 0.486 e. The van der Waals surface area contributed by atoms with Crippen molar-refractivity contribution < 1.29 is 9.47 Å². The fraction of sp³-hybridized carbons (Fsp3) is 0.438. The maximum atomic E-state index is 5.59. The molecule has 0 unspecified atom stereocenters. The van der Waals surface area contributed by atoms with Gasteiger partial charge in [0, 0.05) is 24.8 Å². The van der Waals surface area contributed by atoms with Crippen LogP contribution in [-0.2, 0) is 0 Å². The SMILES string of the molecule is c1cc2c(cc1Nc1nncc(N3CCCCC3)n1)OCCO2. The highest BCUT2D eigenvalue weighted by Gasteiger charge is 2.15. The van der Waals surface area contributed by atoms with Gasteiger partial charge in [-0.3, -0.25) is 0 Å². The Balaban J connectivity index is 1.52. The van der Waals surface area contributed by atoms with Gasteiger partial charge in [0.2, 0.25) is 5.95 Å². The van der Waals surface area contributed by atoms with Crippen molar-refractivity contribution in [2.24, 2.45) is 0 Å². The fourth-order valence-corrected chi connectivity index (χ4v) is 2.87. The average Bonchev–Trinajstić information content (AvgIpc) is 2.63. The molecule has 0 amide bonds. The minimum Gasteiger partial charge on any atom is -0.486 e. The molecule has 120 valence electrons. The zero-order valence-electron chi connectivity index (χ0n) is 12.9. The van der Waals surface area contributed by atoms with Crippen LogP contribution in [0.3, 0.4) is 0 Å². The number of nitrogens with zero attached hydrogens (tertiary/aromatic N) is 4. The van der Waals surface area contributed by atoms with Crippen LogP contribution in [0.1, 0.15) is 19.3 Å². The van der Waals surface area contributed by atoms with Gasteiger partial charge in [-0.25, -0.2) is 0 Å². The number of piperidine rings is 1. The molecule has 23 heavy (non-hydrogen) atoms. The molecule has 7 heteroatoms. The molecule has 2 aliphatic heterocycles. The Kier molecular flexibility index (Phi) is 3.83. The summed E-state index contributed by atoms with van der Waals surface area (Å²) in [5.41, 5.74) is 0.854. The van der Waals surface area contributed by atoms with Gasteiger partial charge in [0.05, 0.1) is 6.20 Å². The number of benzene rings is 1. The van der Waals surface area contributed by atoms with Gasteiger partial charge >= 0.3 is 0 Å². The number of hydrogen-bond donors (Lipinski definition) is 1. The second kappa shape index (κ2) is 6.28. The summed E-state index contributed by atoms with van der Waals surface area (Å²) >= 11 is 0. The Hall–Kier alpha value is -2.57. The third-order valence-electron chi connectivity index (χ3n) is 4.02. The number of hydrogen-bond acceptors (Lipinski definition) is 7. The molecule has 2 aromatic rings. The molecule has 0 aliphatic carbocycles. The number of nitrogens with one attached hydrogen (secondary N) is 1.